The Kier molecular flexibility index (Phi) is 42.3. The van der Waals surface area contributed by atoms with Crippen molar-refractivity contribution in [3.05, 3.63) is 72.9 Å². The summed E-state index contributed by atoms with van der Waals surface area (Å²) in [6, 6.07) is -1.56. The number of carboxylic acids is 1. The fraction of sp³-hybridized carbons (Fsp3) is 0.700. The van der Waals surface area contributed by atoms with Gasteiger partial charge in [0.15, 0.2) is 6.04 Å². The van der Waals surface area contributed by atoms with Crippen LogP contribution in [0.1, 0.15) is 194 Å². The van der Waals surface area contributed by atoms with Crippen LogP contribution in [0.25, 0.3) is 0 Å². The molecule has 4 N–H and O–H groups in total. The predicted molar refractivity (Wildman–Crippen MR) is 254 cm³/mol. The lowest BCUT2D eigenvalue weighted by atomic mass is 10.1. The van der Waals surface area contributed by atoms with Crippen molar-refractivity contribution in [3.63, 3.8) is 0 Å². The molecule has 12 heteroatoms. The van der Waals surface area contributed by atoms with Gasteiger partial charge < -0.3 is 25.2 Å². The Morgan fingerprint density at radius 2 is 0.887 bits per heavy atom. The average molecular weight is 892 g/mol. The van der Waals surface area contributed by atoms with Gasteiger partial charge in [-0.3, -0.25) is 18.6 Å². The molecule has 0 aromatic heterocycles. The Bertz CT molecular complexity index is 1320. The zero-order chi connectivity index (χ0) is 45.6. The van der Waals surface area contributed by atoms with Gasteiger partial charge in [-0.2, -0.15) is 0 Å². The van der Waals surface area contributed by atoms with Crippen LogP contribution in [-0.2, 0) is 32.7 Å². The molecule has 0 spiro atoms. The van der Waals surface area contributed by atoms with Crippen molar-refractivity contribution in [1.29, 1.82) is 0 Å². The maximum atomic E-state index is 12.4. The molecule has 0 heterocycles. The molecule has 0 aliphatic rings. The zero-order valence-electron chi connectivity index (χ0n) is 38.6. The van der Waals surface area contributed by atoms with E-state index in [-0.39, 0.29) is 12.8 Å². The monoisotopic (exact) mass is 892 g/mol. The first kappa shape index (κ1) is 58.9. The highest BCUT2D eigenvalue weighted by Gasteiger charge is 2.28. The first-order valence-electron chi connectivity index (χ1n) is 24.0. The van der Waals surface area contributed by atoms with E-state index in [1.807, 2.05) is 0 Å². The number of allylic oxidation sites excluding steroid dienone is 12. The number of aliphatic hydroxyl groups is 1. The molecule has 0 saturated heterocycles. The molecule has 0 rings (SSSR count). The van der Waals surface area contributed by atoms with Crippen molar-refractivity contribution in [3.8, 4) is 0 Å². The molecule has 0 bridgehead atoms. The third-order valence-corrected chi connectivity index (χ3v) is 10.9. The first-order chi connectivity index (χ1) is 30.1. The predicted octanol–water partition coefficient (Wildman–Crippen LogP) is 12.9. The Morgan fingerprint density at radius 1 is 0.516 bits per heavy atom. The fourth-order valence-corrected chi connectivity index (χ4v) is 6.98. The van der Waals surface area contributed by atoms with Gasteiger partial charge in [0.1, 0.15) is 12.7 Å². The summed E-state index contributed by atoms with van der Waals surface area (Å²) in [5.41, 5.74) is 0. The number of aliphatic carboxylic acids is 1. The number of ether oxygens (including phenoxy) is 1. The van der Waals surface area contributed by atoms with E-state index in [0.29, 0.717) is 12.8 Å². The number of aliphatic hydroxyl groups excluding tert-OH is 1. The van der Waals surface area contributed by atoms with Crippen LogP contribution in [0, 0.1) is 0 Å². The number of phosphoric acid groups is 1. The normalized spacial score (nSPS) is 14.3. The van der Waals surface area contributed by atoms with Crippen molar-refractivity contribution in [2.45, 2.75) is 206 Å². The van der Waals surface area contributed by atoms with Gasteiger partial charge in [0.05, 0.1) is 13.2 Å². The minimum atomic E-state index is -4.77. The molecule has 0 fully saturated rings. The number of carboxylic acid groups (broad SMARTS) is 1. The van der Waals surface area contributed by atoms with Gasteiger partial charge in [0.25, 0.3) is 0 Å². The molecule has 1 amide bonds. The van der Waals surface area contributed by atoms with E-state index >= 15 is 0 Å². The van der Waals surface area contributed by atoms with Crippen LogP contribution in [0.3, 0.4) is 0 Å². The van der Waals surface area contributed by atoms with E-state index in [2.05, 4.69) is 92.1 Å². The molecule has 0 aliphatic carbocycles. The van der Waals surface area contributed by atoms with Gasteiger partial charge in [-0.05, 0) is 89.9 Å². The van der Waals surface area contributed by atoms with Crippen molar-refractivity contribution in [1.82, 2.24) is 5.32 Å². The molecular formula is C50H86NO10P. The third kappa shape index (κ3) is 43.6. The summed E-state index contributed by atoms with van der Waals surface area (Å²) >= 11 is 0. The number of unbranched alkanes of at least 4 members (excludes halogenated alkanes) is 18. The SMILES string of the molecule is CCCCC/C=C\C/C=C\C/C=C\C/C=C\CCCCCCCCCC(=O)NC(COP(=O)(O)OCC(O)COC(=O)CCCCCCC/C=C\C/C=C\CCCCC)C(=O)O. The van der Waals surface area contributed by atoms with Gasteiger partial charge in [-0.25, -0.2) is 9.36 Å². The maximum Gasteiger partial charge on any atom is 0.472 e. The van der Waals surface area contributed by atoms with Gasteiger partial charge in [-0.15, -0.1) is 0 Å². The number of phosphoric ester groups is 1. The number of carbonyl (C=O) groups is 3. The second-order valence-electron chi connectivity index (χ2n) is 15.9. The van der Waals surface area contributed by atoms with E-state index in [1.54, 1.807) is 0 Å². The van der Waals surface area contributed by atoms with Crippen molar-refractivity contribution in [2.75, 3.05) is 19.8 Å². The van der Waals surface area contributed by atoms with E-state index in [0.717, 1.165) is 109 Å². The molecule has 11 nitrogen and oxygen atoms in total. The number of hydrogen-bond donors (Lipinski definition) is 4. The van der Waals surface area contributed by atoms with Crippen LogP contribution in [-0.4, -0.2) is 64.9 Å². The maximum absolute atomic E-state index is 12.4. The molecule has 3 unspecified atom stereocenters. The van der Waals surface area contributed by atoms with E-state index in [4.69, 9.17) is 13.8 Å². The Hall–Kier alpha value is -3.08. The smallest absolute Gasteiger partial charge is 0.472 e. The number of hydrogen-bond acceptors (Lipinski definition) is 8. The highest BCUT2D eigenvalue weighted by molar-refractivity contribution is 7.47. The van der Waals surface area contributed by atoms with Crippen LogP contribution >= 0.6 is 7.82 Å². The number of carbonyl (C=O) groups excluding carboxylic acids is 2. The summed E-state index contributed by atoms with van der Waals surface area (Å²) in [5.74, 6) is -2.41. The molecule has 0 aromatic rings. The van der Waals surface area contributed by atoms with Crippen molar-refractivity contribution in [2.24, 2.45) is 0 Å². The molecule has 0 aromatic carbocycles. The lowest BCUT2D eigenvalue weighted by Crippen LogP contribution is -2.43. The van der Waals surface area contributed by atoms with Crippen LogP contribution in [0.2, 0.25) is 0 Å². The molecule has 0 aliphatic heterocycles. The summed E-state index contributed by atoms with van der Waals surface area (Å²) in [5, 5.41) is 21.9. The van der Waals surface area contributed by atoms with Crippen molar-refractivity contribution >= 4 is 25.7 Å². The zero-order valence-corrected chi connectivity index (χ0v) is 39.5. The molecule has 62 heavy (non-hydrogen) atoms. The van der Waals surface area contributed by atoms with E-state index in [9.17, 15) is 34.1 Å². The topological polar surface area (TPSA) is 169 Å². The molecule has 356 valence electrons. The van der Waals surface area contributed by atoms with Crippen LogP contribution < -0.4 is 5.32 Å². The second kappa shape index (κ2) is 44.5. The van der Waals surface area contributed by atoms with Crippen LogP contribution in [0.5, 0.6) is 0 Å². The Morgan fingerprint density at radius 3 is 1.32 bits per heavy atom. The summed E-state index contributed by atoms with van der Waals surface area (Å²) < 4.78 is 26.9. The largest absolute Gasteiger partial charge is 0.480 e. The Balaban J connectivity index is 3.92. The number of nitrogens with one attached hydrogen (secondary N) is 1. The second-order valence-corrected chi connectivity index (χ2v) is 17.4. The van der Waals surface area contributed by atoms with E-state index < -0.39 is 57.6 Å². The highest BCUT2D eigenvalue weighted by Crippen LogP contribution is 2.43. The molecule has 0 radical (unpaired) electrons. The van der Waals surface area contributed by atoms with Crippen LogP contribution in [0.15, 0.2) is 72.9 Å². The van der Waals surface area contributed by atoms with Crippen molar-refractivity contribution < 1.29 is 47.8 Å². The standard InChI is InChI=1S/C50H86NO10P/c1-3-5-7-9-11-13-15-17-19-20-21-22-23-24-25-26-28-29-31-33-35-37-39-41-48(53)51-47(50(55)56)45-61-62(57,58)60-44-46(52)43-59-49(54)42-40-38-36-34-32-30-27-18-16-14-12-10-8-6-4-2/h11-14,17-19,21-22,24-25,27,46-47,52H,3-10,15-16,20,23,26,28-45H2,1-2H3,(H,51,53)(H,55,56)(H,57,58)/b13-11-,14-12-,19-17-,22-21-,25-24-,27-18-. The summed E-state index contributed by atoms with van der Waals surface area (Å²) in [7, 11) is -4.77. The van der Waals surface area contributed by atoms with Gasteiger partial charge in [0.2, 0.25) is 5.91 Å². The minimum Gasteiger partial charge on any atom is -0.480 e. The lowest BCUT2D eigenvalue weighted by Gasteiger charge is -2.18. The number of amides is 1. The van der Waals surface area contributed by atoms with Gasteiger partial charge in [-0.1, -0.05) is 164 Å². The summed E-state index contributed by atoms with van der Waals surface area (Å²) in [4.78, 5) is 46.0. The van der Waals surface area contributed by atoms with Gasteiger partial charge in [0, 0.05) is 12.8 Å². The Labute approximate surface area is 376 Å². The highest BCUT2D eigenvalue weighted by atomic mass is 31.2. The van der Waals surface area contributed by atoms with E-state index in [1.165, 1.54) is 44.9 Å². The van der Waals surface area contributed by atoms with Crippen LogP contribution in [0.4, 0.5) is 0 Å². The number of rotatable bonds is 44. The average Bonchev–Trinajstić information content (AvgIpc) is 3.25. The quantitative estimate of drug-likeness (QED) is 0.0200. The molecule has 0 saturated carbocycles. The molecular weight excluding hydrogens is 806 g/mol. The molecule has 3 atom stereocenters. The fourth-order valence-electron chi connectivity index (χ4n) is 6.21. The third-order valence-electron chi connectivity index (χ3n) is 9.97. The minimum absolute atomic E-state index is 0.129. The summed E-state index contributed by atoms with van der Waals surface area (Å²) in [6.45, 7) is 2.52. The lowest BCUT2D eigenvalue weighted by molar-refractivity contribution is -0.147. The first-order valence-corrected chi connectivity index (χ1v) is 25.5. The summed E-state index contributed by atoms with van der Waals surface area (Å²) in [6.07, 6.45) is 53.4. The number of esters is 1. The van der Waals surface area contributed by atoms with Gasteiger partial charge >= 0.3 is 19.8 Å².